The average Bonchev–Trinajstić information content (AvgIpc) is 2.36. The predicted molar refractivity (Wildman–Crippen MR) is 70.3 cm³/mol. The van der Waals surface area contributed by atoms with Gasteiger partial charge in [0.25, 0.3) is 5.91 Å². The lowest BCUT2D eigenvalue weighted by Crippen LogP contribution is -2.26. The van der Waals surface area contributed by atoms with Gasteiger partial charge >= 0.3 is 6.61 Å². The largest absolute Gasteiger partial charge is 0.433 e. The zero-order valence-electron chi connectivity index (χ0n) is 11.3. The van der Waals surface area contributed by atoms with Crippen molar-refractivity contribution in [3.8, 4) is 5.75 Å². The van der Waals surface area contributed by atoms with Gasteiger partial charge in [0.2, 0.25) is 0 Å². The molecule has 0 aromatic heterocycles. The van der Waals surface area contributed by atoms with E-state index in [-0.39, 0.29) is 5.02 Å². The molecule has 0 aliphatic carbocycles. The van der Waals surface area contributed by atoms with E-state index in [1.807, 2.05) is 0 Å². The van der Waals surface area contributed by atoms with Crippen LogP contribution in [0.4, 0.5) is 8.78 Å². The summed E-state index contributed by atoms with van der Waals surface area (Å²) in [6.45, 7) is -3.31. The number of nitrogens with zero attached hydrogens (tertiary/aromatic N) is 1. The molecule has 0 heterocycles. The SMILES string of the molecule is CON(C)C(=O)c1cc(Cl)cc(S(C)(=O)=O)c1OC(F)F. The molecule has 0 aliphatic heterocycles. The molecule has 1 rings (SSSR count). The summed E-state index contributed by atoms with van der Waals surface area (Å²) in [6, 6.07) is 1.95. The lowest BCUT2D eigenvalue weighted by molar-refractivity contribution is -0.0773. The quantitative estimate of drug-likeness (QED) is 0.764. The van der Waals surface area contributed by atoms with Crippen molar-refractivity contribution in [1.29, 1.82) is 0 Å². The Labute approximate surface area is 125 Å². The summed E-state index contributed by atoms with van der Waals surface area (Å²) in [4.78, 5) is 16.1. The van der Waals surface area contributed by atoms with Crippen LogP contribution in [0, 0.1) is 0 Å². The second-order valence-electron chi connectivity index (χ2n) is 3.92. The number of amides is 1. The first-order valence-electron chi connectivity index (χ1n) is 5.38. The summed E-state index contributed by atoms with van der Waals surface area (Å²) in [7, 11) is -1.55. The van der Waals surface area contributed by atoms with E-state index in [9.17, 15) is 22.0 Å². The van der Waals surface area contributed by atoms with Crippen LogP contribution in [-0.4, -0.2) is 46.4 Å². The summed E-state index contributed by atoms with van der Waals surface area (Å²) in [5.74, 6) is -1.66. The maximum atomic E-state index is 12.5. The van der Waals surface area contributed by atoms with Crippen LogP contribution in [0.5, 0.6) is 5.75 Å². The van der Waals surface area contributed by atoms with E-state index in [2.05, 4.69) is 9.57 Å². The number of sulfone groups is 1. The number of rotatable bonds is 5. The van der Waals surface area contributed by atoms with Crippen LogP contribution in [0.2, 0.25) is 5.02 Å². The molecule has 0 radical (unpaired) electrons. The predicted octanol–water partition coefficient (Wildman–Crippen LogP) is 1.98. The number of alkyl halides is 2. The van der Waals surface area contributed by atoms with Crippen LogP contribution >= 0.6 is 11.6 Å². The third-order valence-corrected chi connectivity index (χ3v) is 3.74. The highest BCUT2D eigenvalue weighted by Gasteiger charge is 2.27. The van der Waals surface area contributed by atoms with E-state index in [1.165, 1.54) is 14.2 Å². The summed E-state index contributed by atoms with van der Waals surface area (Å²) >= 11 is 5.74. The molecule has 0 bridgehead atoms. The number of ether oxygens (including phenoxy) is 1. The number of carbonyl (C=O) groups excluding carboxylic acids is 1. The number of hydrogen-bond acceptors (Lipinski definition) is 5. The van der Waals surface area contributed by atoms with Gasteiger partial charge < -0.3 is 4.74 Å². The Bertz CT molecular complexity index is 650. The standard InChI is InChI=1S/C11H12ClF2NO5S/c1-15(19-2)10(16)7-4-6(12)5-8(21(3,17)18)9(7)20-11(13)14/h4-5,11H,1-3H3. The molecule has 0 saturated carbocycles. The molecule has 1 aromatic carbocycles. The summed E-state index contributed by atoms with van der Waals surface area (Å²) in [5, 5.41) is 0.598. The zero-order valence-corrected chi connectivity index (χ0v) is 12.8. The van der Waals surface area contributed by atoms with E-state index in [1.54, 1.807) is 0 Å². The zero-order chi connectivity index (χ0) is 16.4. The van der Waals surface area contributed by atoms with Crippen molar-refractivity contribution in [2.24, 2.45) is 0 Å². The first-order chi connectivity index (χ1) is 9.57. The van der Waals surface area contributed by atoms with Crippen molar-refractivity contribution in [1.82, 2.24) is 5.06 Å². The number of carbonyl (C=O) groups is 1. The lowest BCUT2D eigenvalue weighted by atomic mass is 10.2. The second-order valence-corrected chi connectivity index (χ2v) is 6.34. The number of hydroxylamine groups is 2. The van der Waals surface area contributed by atoms with Crippen molar-refractivity contribution >= 4 is 27.3 Å². The van der Waals surface area contributed by atoms with Gasteiger partial charge in [-0.2, -0.15) is 8.78 Å². The minimum Gasteiger partial charge on any atom is -0.433 e. The van der Waals surface area contributed by atoms with Gasteiger partial charge in [-0.3, -0.25) is 9.63 Å². The van der Waals surface area contributed by atoms with Crippen molar-refractivity contribution in [3.63, 3.8) is 0 Å². The second kappa shape index (κ2) is 6.54. The van der Waals surface area contributed by atoms with Gasteiger partial charge in [0.15, 0.2) is 15.6 Å². The van der Waals surface area contributed by atoms with Crippen molar-refractivity contribution in [3.05, 3.63) is 22.7 Å². The number of halogens is 3. The monoisotopic (exact) mass is 343 g/mol. The Morgan fingerprint density at radius 2 is 1.95 bits per heavy atom. The summed E-state index contributed by atoms with van der Waals surface area (Å²) < 4.78 is 52.5. The Balaban J connectivity index is 3.62. The highest BCUT2D eigenvalue weighted by atomic mass is 35.5. The first-order valence-corrected chi connectivity index (χ1v) is 7.65. The molecule has 0 spiro atoms. The molecular weight excluding hydrogens is 332 g/mol. The number of benzene rings is 1. The first kappa shape index (κ1) is 17.6. The molecule has 0 saturated heterocycles. The smallest absolute Gasteiger partial charge is 0.387 e. The van der Waals surface area contributed by atoms with Crippen LogP contribution < -0.4 is 4.74 Å². The third-order valence-electron chi connectivity index (χ3n) is 2.42. The minimum atomic E-state index is -3.94. The fourth-order valence-corrected chi connectivity index (χ4v) is 2.58. The average molecular weight is 344 g/mol. The molecule has 1 amide bonds. The van der Waals surface area contributed by atoms with E-state index >= 15 is 0 Å². The molecule has 0 fully saturated rings. The van der Waals surface area contributed by atoms with E-state index in [0.717, 1.165) is 23.5 Å². The van der Waals surface area contributed by atoms with Crippen LogP contribution in [0.25, 0.3) is 0 Å². The molecular formula is C11H12ClF2NO5S. The molecule has 1 aromatic rings. The van der Waals surface area contributed by atoms with Crippen molar-refractivity contribution < 1.29 is 31.6 Å². The molecule has 0 aliphatic rings. The number of hydrogen-bond donors (Lipinski definition) is 0. The molecule has 118 valence electrons. The molecule has 10 heteroatoms. The van der Waals surface area contributed by atoms with Crippen molar-refractivity contribution in [2.75, 3.05) is 20.4 Å². The van der Waals surface area contributed by atoms with Crippen LogP contribution in [0.1, 0.15) is 10.4 Å². The van der Waals surface area contributed by atoms with Gasteiger partial charge in [0.1, 0.15) is 4.90 Å². The van der Waals surface area contributed by atoms with E-state index < -0.39 is 38.6 Å². The van der Waals surface area contributed by atoms with Gasteiger partial charge in [0.05, 0.1) is 12.7 Å². The van der Waals surface area contributed by atoms with Gasteiger partial charge in [-0.15, -0.1) is 0 Å². The molecule has 0 unspecified atom stereocenters. The Morgan fingerprint density at radius 1 is 1.38 bits per heavy atom. The fourth-order valence-electron chi connectivity index (χ4n) is 1.47. The maximum Gasteiger partial charge on any atom is 0.387 e. The Hall–Kier alpha value is -1.45. The molecule has 0 atom stereocenters. The van der Waals surface area contributed by atoms with E-state index in [4.69, 9.17) is 11.6 Å². The molecule has 0 N–H and O–H groups in total. The van der Waals surface area contributed by atoms with Gasteiger partial charge in [-0.1, -0.05) is 11.6 Å². The van der Waals surface area contributed by atoms with Crippen molar-refractivity contribution in [2.45, 2.75) is 11.5 Å². The lowest BCUT2D eigenvalue weighted by Gasteiger charge is -2.18. The highest BCUT2D eigenvalue weighted by Crippen LogP contribution is 2.33. The normalized spacial score (nSPS) is 11.6. The summed E-state index contributed by atoms with van der Waals surface area (Å²) in [5.41, 5.74) is -0.451. The topological polar surface area (TPSA) is 72.9 Å². The molecule has 21 heavy (non-hydrogen) atoms. The molecule has 6 nitrogen and oxygen atoms in total. The fraction of sp³-hybridized carbons (Fsp3) is 0.364. The maximum absolute atomic E-state index is 12.5. The Morgan fingerprint density at radius 3 is 2.38 bits per heavy atom. The van der Waals surface area contributed by atoms with Crippen LogP contribution in [0.3, 0.4) is 0 Å². The summed E-state index contributed by atoms with van der Waals surface area (Å²) in [6.07, 6.45) is 0.783. The van der Waals surface area contributed by atoms with Gasteiger partial charge in [-0.05, 0) is 12.1 Å². The minimum absolute atomic E-state index is 0.120. The van der Waals surface area contributed by atoms with Gasteiger partial charge in [-0.25, -0.2) is 13.5 Å². The third kappa shape index (κ3) is 4.26. The van der Waals surface area contributed by atoms with E-state index in [0.29, 0.717) is 0 Å². The van der Waals surface area contributed by atoms with Gasteiger partial charge in [0, 0.05) is 18.3 Å². The van der Waals surface area contributed by atoms with Crippen LogP contribution in [0.15, 0.2) is 17.0 Å². The van der Waals surface area contributed by atoms with Crippen LogP contribution in [-0.2, 0) is 14.7 Å². The Kier molecular flexibility index (Phi) is 5.48. The highest BCUT2D eigenvalue weighted by molar-refractivity contribution is 7.90.